The number of hydrogen-bond donors (Lipinski definition) is 1. The lowest BCUT2D eigenvalue weighted by Gasteiger charge is -2.33. The van der Waals surface area contributed by atoms with Crippen molar-refractivity contribution in [2.24, 2.45) is 5.73 Å². The number of rotatable bonds is 5. The number of esters is 1. The van der Waals surface area contributed by atoms with E-state index in [1.165, 1.54) is 14.2 Å². The first-order valence-corrected chi connectivity index (χ1v) is 5.80. The van der Waals surface area contributed by atoms with Crippen molar-refractivity contribution in [2.45, 2.75) is 18.6 Å². The van der Waals surface area contributed by atoms with Crippen LogP contribution < -0.4 is 5.73 Å². The first-order chi connectivity index (χ1) is 8.58. The van der Waals surface area contributed by atoms with Gasteiger partial charge in [-0.3, -0.25) is 9.59 Å². The van der Waals surface area contributed by atoms with Gasteiger partial charge in [-0.15, -0.1) is 0 Å². The number of hydrogen-bond acceptors (Lipinski definition) is 6. The summed E-state index contributed by atoms with van der Waals surface area (Å²) in [6.45, 7) is 1.41. The molecule has 1 amide bonds. The Morgan fingerprint density at radius 3 is 2.83 bits per heavy atom. The van der Waals surface area contributed by atoms with Crippen molar-refractivity contribution < 1.29 is 23.8 Å². The Kier molecular flexibility index (Phi) is 6.03. The molecule has 7 heteroatoms. The van der Waals surface area contributed by atoms with E-state index in [2.05, 4.69) is 4.74 Å². The van der Waals surface area contributed by atoms with Crippen molar-refractivity contribution in [1.29, 1.82) is 0 Å². The molecule has 0 aromatic heterocycles. The molecule has 104 valence electrons. The van der Waals surface area contributed by atoms with E-state index in [4.69, 9.17) is 15.2 Å². The maximum absolute atomic E-state index is 11.9. The highest BCUT2D eigenvalue weighted by Crippen LogP contribution is 2.10. The van der Waals surface area contributed by atoms with Crippen LogP contribution in [0.5, 0.6) is 0 Å². The molecule has 1 saturated heterocycles. The molecule has 0 spiro atoms. The van der Waals surface area contributed by atoms with Crippen LogP contribution in [0.2, 0.25) is 0 Å². The first kappa shape index (κ1) is 14.9. The van der Waals surface area contributed by atoms with Gasteiger partial charge in [0.05, 0.1) is 32.8 Å². The zero-order chi connectivity index (χ0) is 13.5. The summed E-state index contributed by atoms with van der Waals surface area (Å²) in [5.41, 5.74) is 5.68. The normalized spacial score (nSPS) is 21.5. The highest BCUT2D eigenvalue weighted by molar-refractivity contribution is 5.82. The molecule has 1 heterocycles. The molecule has 0 aliphatic carbocycles. The third kappa shape index (κ3) is 4.25. The minimum absolute atomic E-state index is 0.139. The average molecular weight is 260 g/mol. The Labute approximate surface area is 106 Å². The summed E-state index contributed by atoms with van der Waals surface area (Å²) in [6, 6.07) is -0.674. The van der Waals surface area contributed by atoms with Crippen LogP contribution in [-0.4, -0.2) is 69.4 Å². The molecule has 1 aliphatic heterocycles. The van der Waals surface area contributed by atoms with Crippen molar-refractivity contribution in [3.8, 4) is 0 Å². The molecule has 0 radical (unpaired) electrons. The van der Waals surface area contributed by atoms with E-state index >= 15 is 0 Å². The van der Waals surface area contributed by atoms with Gasteiger partial charge in [0.1, 0.15) is 6.04 Å². The lowest BCUT2D eigenvalue weighted by Crippen LogP contribution is -2.52. The minimum Gasteiger partial charge on any atom is -0.469 e. The van der Waals surface area contributed by atoms with Gasteiger partial charge < -0.3 is 24.8 Å². The molecular formula is C11H20N2O5. The molecule has 0 saturated carbocycles. The molecule has 0 aromatic carbocycles. The lowest BCUT2D eigenvalue weighted by atomic mass is 10.2. The highest BCUT2D eigenvalue weighted by atomic mass is 16.5. The minimum atomic E-state index is -0.674. The Morgan fingerprint density at radius 2 is 2.22 bits per heavy atom. The monoisotopic (exact) mass is 260 g/mol. The summed E-state index contributed by atoms with van der Waals surface area (Å²) in [4.78, 5) is 24.7. The van der Waals surface area contributed by atoms with E-state index in [9.17, 15) is 9.59 Å². The number of amides is 1. The Hall–Kier alpha value is -1.18. The molecule has 0 aromatic rings. The number of morpholine rings is 1. The van der Waals surface area contributed by atoms with Crippen molar-refractivity contribution in [3.05, 3.63) is 0 Å². The summed E-state index contributed by atoms with van der Waals surface area (Å²) >= 11 is 0. The van der Waals surface area contributed by atoms with Gasteiger partial charge in [-0.2, -0.15) is 0 Å². The summed E-state index contributed by atoms with van der Waals surface area (Å²) in [6.07, 6.45) is -0.190. The van der Waals surface area contributed by atoms with Crippen LogP contribution in [0.15, 0.2) is 0 Å². The molecule has 2 atom stereocenters. The van der Waals surface area contributed by atoms with E-state index < -0.39 is 6.04 Å². The van der Waals surface area contributed by atoms with Gasteiger partial charge in [0.15, 0.2) is 0 Å². The predicted molar refractivity (Wildman–Crippen MR) is 62.8 cm³/mol. The van der Waals surface area contributed by atoms with Crippen LogP contribution >= 0.6 is 0 Å². The van der Waals surface area contributed by atoms with Crippen LogP contribution in [0, 0.1) is 0 Å². The van der Waals surface area contributed by atoms with E-state index in [0.717, 1.165) is 0 Å². The Balaban J connectivity index is 2.47. The van der Waals surface area contributed by atoms with E-state index in [1.54, 1.807) is 4.90 Å². The highest BCUT2D eigenvalue weighted by Gasteiger charge is 2.28. The van der Waals surface area contributed by atoms with Crippen LogP contribution in [0.25, 0.3) is 0 Å². The average Bonchev–Trinajstić information content (AvgIpc) is 2.38. The second-order valence-corrected chi connectivity index (χ2v) is 4.12. The number of carbonyl (C=O) groups excluding carboxylic acids is 2. The zero-order valence-electron chi connectivity index (χ0n) is 10.8. The number of methoxy groups -OCH3 is 2. The van der Waals surface area contributed by atoms with Crippen molar-refractivity contribution in [1.82, 2.24) is 4.90 Å². The molecule has 1 fully saturated rings. The van der Waals surface area contributed by atoms with Crippen LogP contribution in [0.1, 0.15) is 6.42 Å². The number of ether oxygens (including phenoxy) is 3. The molecular weight excluding hydrogens is 240 g/mol. The van der Waals surface area contributed by atoms with Gasteiger partial charge >= 0.3 is 5.97 Å². The maximum atomic E-state index is 11.9. The molecule has 2 N–H and O–H groups in total. The fourth-order valence-corrected chi connectivity index (χ4v) is 1.80. The molecule has 1 aliphatic rings. The fraction of sp³-hybridized carbons (Fsp3) is 0.818. The molecule has 7 nitrogen and oxygen atoms in total. The van der Waals surface area contributed by atoms with Crippen molar-refractivity contribution in [3.63, 3.8) is 0 Å². The van der Waals surface area contributed by atoms with Gasteiger partial charge in [0.25, 0.3) is 0 Å². The SMILES string of the molecule is COCC(N)C(=O)N1CCOC(CC(=O)OC)C1. The Morgan fingerprint density at radius 1 is 1.50 bits per heavy atom. The van der Waals surface area contributed by atoms with Crippen LogP contribution in [0.4, 0.5) is 0 Å². The van der Waals surface area contributed by atoms with Gasteiger partial charge in [-0.05, 0) is 0 Å². The van der Waals surface area contributed by atoms with Gasteiger partial charge in [0.2, 0.25) is 5.91 Å². The molecule has 2 unspecified atom stereocenters. The van der Waals surface area contributed by atoms with E-state index in [1.807, 2.05) is 0 Å². The maximum Gasteiger partial charge on any atom is 0.308 e. The quantitative estimate of drug-likeness (QED) is 0.621. The van der Waals surface area contributed by atoms with Crippen LogP contribution in [-0.2, 0) is 23.8 Å². The van der Waals surface area contributed by atoms with Crippen molar-refractivity contribution in [2.75, 3.05) is 40.5 Å². The number of nitrogens with two attached hydrogens (primary N) is 1. The fourth-order valence-electron chi connectivity index (χ4n) is 1.80. The van der Waals surface area contributed by atoms with Gasteiger partial charge in [-0.1, -0.05) is 0 Å². The van der Waals surface area contributed by atoms with Crippen LogP contribution in [0.3, 0.4) is 0 Å². The standard InChI is InChI=1S/C11H20N2O5/c1-16-7-9(12)11(15)13-3-4-18-8(6-13)5-10(14)17-2/h8-9H,3-7,12H2,1-2H3. The second-order valence-electron chi connectivity index (χ2n) is 4.12. The summed E-state index contributed by atoms with van der Waals surface area (Å²) in [5.74, 6) is -0.537. The summed E-state index contributed by atoms with van der Waals surface area (Å²) in [5, 5.41) is 0. The van der Waals surface area contributed by atoms with Gasteiger partial charge in [0, 0.05) is 20.2 Å². The number of nitrogens with zero attached hydrogens (tertiary/aromatic N) is 1. The summed E-state index contributed by atoms with van der Waals surface area (Å²) in [7, 11) is 2.81. The molecule has 1 rings (SSSR count). The third-order valence-electron chi connectivity index (χ3n) is 2.74. The Bertz CT molecular complexity index is 297. The first-order valence-electron chi connectivity index (χ1n) is 5.80. The van der Waals surface area contributed by atoms with E-state index in [-0.39, 0.29) is 31.0 Å². The molecule has 18 heavy (non-hydrogen) atoms. The number of carbonyl (C=O) groups is 2. The predicted octanol–water partition coefficient (Wildman–Crippen LogP) is -1.25. The lowest BCUT2D eigenvalue weighted by molar-refractivity contribution is -0.150. The second kappa shape index (κ2) is 7.30. The largest absolute Gasteiger partial charge is 0.469 e. The van der Waals surface area contributed by atoms with E-state index in [0.29, 0.717) is 19.7 Å². The zero-order valence-corrected chi connectivity index (χ0v) is 10.8. The smallest absolute Gasteiger partial charge is 0.308 e. The summed E-state index contributed by atoms with van der Waals surface area (Å²) < 4.78 is 14.8. The topological polar surface area (TPSA) is 91.1 Å². The molecule has 0 bridgehead atoms. The van der Waals surface area contributed by atoms with Gasteiger partial charge in [-0.25, -0.2) is 0 Å². The third-order valence-corrected chi connectivity index (χ3v) is 2.74. The van der Waals surface area contributed by atoms with Crippen molar-refractivity contribution >= 4 is 11.9 Å².